The summed E-state index contributed by atoms with van der Waals surface area (Å²) in [6.45, 7) is 6.37. The minimum Gasteiger partial charge on any atom is -0.352 e. The van der Waals surface area contributed by atoms with Gasteiger partial charge in [0.05, 0.1) is 17.1 Å². The van der Waals surface area contributed by atoms with E-state index in [0.29, 0.717) is 29.6 Å². The fraction of sp³-hybridized carbons (Fsp3) is 0.526. The predicted molar refractivity (Wildman–Crippen MR) is 106 cm³/mol. The zero-order chi connectivity index (χ0) is 20.1. The topological polar surface area (TPSA) is 69.7 Å². The van der Waals surface area contributed by atoms with Gasteiger partial charge in [-0.3, -0.25) is 14.4 Å². The third kappa shape index (κ3) is 5.36. The number of nitrogens with one attached hydrogen (secondary N) is 1. The Morgan fingerprint density at radius 3 is 2.63 bits per heavy atom. The Bertz CT molecular complexity index is 724. The molecule has 0 radical (unpaired) electrons. The Hall–Kier alpha value is -1.79. The Morgan fingerprint density at radius 2 is 2.00 bits per heavy atom. The number of carbonyl (C=O) groups is 3. The first kappa shape index (κ1) is 21.5. The lowest BCUT2D eigenvalue weighted by atomic mass is 10.1. The molecule has 1 N–H and O–H groups in total. The fourth-order valence-corrected chi connectivity index (χ4v) is 3.55. The molecule has 1 unspecified atom stereocenters. The van der Waals surface area contributed by atoms with Gasteiger partial charge in [0.25, 0.3) is 5.91 Å². The molecule has 1 saturated heterocycles. The Kier molecular flexibility index (Phi) is 7.50. The lowest BCUT2D eigenvalue weighted by Gasteiger charge is -2.29. The number of likely N-dealkylation sites (tertiary alicyclic amines) is 1. The second-order valence-corrected chi connectivity index (χ2v) is 7.70. The SMILES string of the molecule is CCN(CC(=O)NC(C)C)C(=O)C1CCCN1C(=O)c1cc(Cl)ccc1Cl. The van der Waals surface area contributed by atoms with Gasteiger partial charge in [0.2, 0.25) is 11.8 Å². The highest BCUT2D eigenvalue weighted by atomic mass is 35.5. The van der Waals surface area contributed by atoms with Gasteiger partial charge in [-0.1, -0.05) is 23.2 Å². The minimum atomic E-state index is -0.598. The molecule has 1 aliphatic heterocycles. The highest BCUT2D eigenvalue weighted by molar-refractivity contribution is 6.35. The number of rotatable bonds is 6. The molecule has 148 valence electrons. The Balaban J connectivity index is 2.16. The molecule has 0 spiro atoms. The van der Waals surface area contributed by atoms with Crippen molar-refractivity contribution < 1.29 is 14.4 Å². The van der Waals surface area contributed by atoms with Crippen molar-refractivity contribution in [3.05, 3.63) is 33.8 Å². The highest BCUT2D eigenvalue weighted by Crippen LogP contribution is 2.27. The summed E-state index contributed by atoms with van der Waals surface area (Å²) < 4.78 is 0. The molecule has 8 heteroatoms. The molecule has 0 bridgehead atoms. The van der Waals surface area contributed by atoms with Crippen LogP contribution in [0.5, 0.6) is 0 Å². The molecule has 1 aromatic carbocycles. The fourth-order valence-electron chi connectivity index (χ4n) is 3.18. The van der Waals surface area contributed by atoms with E-state index in [-0.39, 0.29) is 35.9 Å². The molecule has 1 aromatic rings. The molecule has 0 aromatic heterocycles. The van der Waals surface area contributed by atoms with Crippen LogP contribution in [0, 0.1) is 0 Å². The van der Waals surface area contributed by atoms with Gasteiger partial charge in [0.15, 0.2) is 0 Å². The number of benzene rings is 1. The molecule has 0 saturated carbocycles. The molecule has 1 heterocycles. The number of nitrogens with zero attached hydrogens (tertiary/aromatic N) is 2. The molecular formula is C19H25Cl2N3O3. The van der Waals surface area contributed by atoms with E-state index >= 15 is 0 Å². The summed E-state index contributed by atoms with van der Waals surface area (Å²) >= 11 is 12.1. The van der Waals surface area contributed by atoms with Crippen molar-refractivity contribution in [2.45, 2.75) is 45.7 Å². The Morgan fingerprint density at radius 1 is 1.30 bits per heavy atom. The maximum absolute atomic E-state index is 13.0. The van der Waals surface area contributed by atoms with Gasteiger partial charge in [-0.2, -0.15) is 0 Å². The van der Waals surface area contributed by atoms with Gasteiger partial charge in [0.1, 0.15) is 6.04 Å². The van der Waals surface area contributed by atoms with Crippen LogP contribution in [0.1, 0.15) is 44.0 Å². The van der Waals surface area contributed by atoms with Crippen LogP contribution in [-0.4, -0.2) is 59.2 Å². The van der Waals surface area contributed by atoms with E-state index in [9.17, 15) is 14.4 Å². The van der Waals surface area contributed by atoms with Gasteiger partial charge in [-0.15, -0.1) is 0 Å². The number of likely N-dealkylation sites (N-methyl/N-ethyl adjacent to an activating group) is 1. The lowest BCUT2D eigenvalue weighted by Crippen LogP contribution is -2.50. The lowest BCUT2D eigenvalue weighted by molar-refractivity contribution is -0.139. The van der Waals surface area contributed by atoms with E-state index in [4.69, 9.17) is 23.2 Å². The van der Waals surface area contributed by atoms with Crippen molar-refractivity contribution >= 4 is 40.9 Å². The van der Waals surface area contributed by atoms with Crippen LogP contribution in [-0.2, 0) is 9.59 Å². The Labute approximate surface area is 169 Å². The summed E-state index contributed by atoms with van der Waals surface area (Å²) in [4.78, 5) is 41.0. The number of halogens is 2. The molecule has 1 aliphatic rings. The van der Waals surface area contributed by atoms with E-state index in [0.717, 1.165) is 6.42 Å². The summed E-state index contributed by atoms with van der Waals surface area (Å²) in [6.07, 6.45) is 1.28. The largest absolute Gasteiger partial charge is 0.352 e. The zero-order valence-electron chi connectivity index (χ0n) is 15.8. The van der Waals surface area contributed by atoms with Crippen molar-refractivity contribution in [2.75, 3.05) is 19.6 Å². The molecule has 0 aliphatic carbocycles. The van der Waals surface area contributed by atoms with Crippen LogP contribution in [0.3, 0.4) is 0 Å². The highest BCUT2D eigenvalue weighted by Gasteiger charge is 2.37. The summed E-state index contributed by atoms with van der Waals surface area (Å²) in [5, 5.41) is 3.49. The smallest absolute Gasteiger partial charge is 0.256 e. The maximum atomic E-state index is 13.0. The molecule has 2 rings (SSSR count). The predicted octanol–water partition coefficient (Wildman–Crippen LogP) is 2.97. The zero-order valence-corrected chi connectivity index (χ0v) is 17.3. The van der Waals surface area contributed by atoms with E-state index in [1.165, 1.54) is 15.9 Å². The van der Waals surface area contributed by atoms with Crippen LogP contribution in [0.15, 0.2) is 18.2 Å². The van der Waals surface area contributed by atoms with Crippen LogP contribution in [0.4, 0.5) is 0 Å². The van der Waals surface area contributed by atoms with E-state index in [1.54, 1.807) is 12.1 Å². The number of hydrogen-bond acceptors (Lipinski definition) is 3. The third-order valence-corrected chi connectivity index (χ3v) is 5.00. The first-order valence-corrected chi connectivity index (χ1v) is 9.84. The van der Waals surface area contributed by atoms with Gasteiger partial charge in [-0.25, -0.2) is 0 Å². The average molecular weight is 414 g/mol. The first-order valence-electron chi connectivity index (χ1n) is 9.08. The van der Waals surface area contributed by atoms with Gasteiger partial charge in [0, 0.05) is 24.2 Å². The minimum absolute atomic E-state index is 0.000774. The molecular weight excluding hydrogens is 389 g/mol. The van der Waals surface area contributed by atoms with E-state index in [1.807, 2.05) is 20.8 Å². The van der Waals surface area contributed by atoms with Crippen LogP contribution < -0.4 is 5.32 Å². The molecule has 3 amide bonds. The van der Waals surface area contributed by atoms with Gasteiger partial charge >= 0.3 is 0 Å². The standard InChI is InChI=1S/C19H25Cl2N3O3/c1-4-23(11-17(25)22-12(2)3)19(27)16-6-5-9-24(16)18(26)14-10-13(20)7-8-15(14)21/h7-8,10,12,16H,4-6,9,11H2,1-3H3,(H,22,25). The van der Waals surface area contributed by atoms with Crippen molar-refractivity contribution in [3.63, 3.8) is 0 Å². The van der Waals surface area contributed by atoms with Crippen molar-refractivity contribution in [3.8, 4) is 0 Å². The monoisotopic (exact) mass is 413 g/mol. The third-order valence-electron chi connectivity index (χ3n) is 4.44. The molecule has 27 heavy (non-hydrogen) atoms. The summed E-state index contributed by atoms with van der Waals surface area (Å²) in [7, 11) is 0. The van der Waals surface area contributed by atoms with Crippen LogP contribution >= 0.6 is 23.2 Å². The molecule has 6 nitrogen and oxygen atoms in total. The molecule has 1 atom stereocenters. The van der Waals surface area contributed by atoms with Crippen LogP contribution in [0.2, 0.25) is 10.0 Å². The van der Waals surface area contributed by atoms with Gasteiger partial charge < -0.3 is 15.1 Å². The normalized spacial score (nSPS) is 16.5. The summed E-state index contributed by atoms with van der Waals surface area (Å²) in [5.74, 6) is -0.754. The van der Waals surface area contributed by atoms with E-state index < -0.39 is 6.04 Å². The summed E-state index contributed by atoms with van der Waals surface area (Å²) in [6, 6.07) is 4.10. The number of hydrogen-bond donors (Lipinski definition) is 1. The van der Waals surface area contributed by atoms with Crippen molar-refractivity contribution in [1.82, 2.24) is 15.1 Å². The quantitative estimate of drug-likeness (QED) is 0.778. The van der Waals surface area contributed by atoms with E-state index in [2.05, 4.69) is 5.32 Å². The van der Waals surface area contributed by atoms with Crippen LogP contribution in [0.25, 0.3) is 0 Å². The second-order valence-electron chi connectivity index (χ2n) is 6.86. The summed E-state index contributed by atoms with van der Waals surface area (Å²) in [5.41, 5.74) is 0.282. The number of amides is 3. The van der Waals surface area contributed by atoms with Crippen molar-refractivity contribution in [1.29, 1.82) is 0 Å². The number of carbonyl (C=O) groups excluding carboxylic acids is 3. The maximum Gasteiger partial charge on any atom is 0.256 e. The van der Waals surface area contributed by atoms with Crippen molar-refractivity contribution in [2.24, 2.45) is 0 Å². The van der Waals surface area contributed by atoms with Gasteiger partial charge in [-0.05, 0) is 51.8 Å². The second kappa shape index (κ2) is 9.42. The average Bonchev–Trinajstić information content (AvgIpc) is 3.09. The first-order chi connectivity index (χ1) is 12.7. The molecule has 1 fully saturated rings.